The van der Waals surface area contributed by atoms with Gasteiger partial charge in [-0.25, -0.2) is 9.18 Å². The number of aryl methyl sites for hydroxylation is 1. The molecular formula is C26H26F4N6O2. The van der Waals surface area contributed by atoms with Gasteiger partial charge < -0.3 is 9.30 Å². The van der Waals surface area contributed by atoms with E-state index in [1.165, 1.54) is 17.0 Å². The number of imidazole rings is 1. The average Bonchev–Trinajstić information content (AvgIpc) is 3.54. The summed E-state index contributed by atoms with van der Waals surface area (Å²) in [5, 5.41) is 8.12. The van der Waals surface area contributed by atoms with Gasteiger partial charge in [-0.3, -0.25) is 13.9 Å². The standard InChI is InChI=1S/C26H26F4N6O2/c1-33-16-31-32-23(33)9-25(14-38-15-25)18-3-2-4-20(8-18)35-13-22-21(26(28,29)30)7-17(11-36(22)24(35)37)10-34-6-5-19(27)12-34/h2-4,7-8,11,13,16,19H,5-6,9-10,12,14-15H2,1H3/t19-/m0/s1. The Morgan fingerprint density at radius 1 is 1.18 bits per heavy atom. The highest BCUT2D eigenvalue weighted by molar-refractivity contribution is 5.58. The minimum absolute atomic E-state index is 0.136. The molecule has 0 bridgehead atoms. The highest BCUT2D eigenvalue weighted by Gasteiger charge is 2.42. The van der Waals surface area contributed by atoms with E-state index < -0.39 is 23.6 Å². The van der Waals surface area contributed by atoms with Crippen LogP contribution < -0.4 is 5.69 Å². The number of fused-ring (bicyclic) bond motifs is 1. The molecule has 12 heteroatoms. The molecule has 0 amide bonds. The predicted molar refractivity (Wildman–Crippen MR) is 130 cm³/mol. The number of halogens is 4. The average molecular weight is 531 g/mol. The summed E-state index contributed by atoms with van der Waals surface area (Å²) < 4.78 is 65.5. The van der Waals surface area contributed by atoms with Crippen LogP contribution in [0.2, 0.25) is 0 Å². The van der Waals surface area contributed by atoms with Crippen molar-refractivity contribution in [3.05, 3.63) is 82.1 Å². The lowest BCUT2D eigenvalue weighted by Gasteiger charge is -2.41. The first-order chi connectivity index (χ1) is 18.1. The van der Waals surface area contributed by atoms with Crippen LogP contribution in [0.25, 0.3) is 11.2 Å². The van der Waals surface area contributed by atoms with Crippen molar-refractivity contribution in [2.75, 3.05) is 26.3 Å². The van der Waals surface area contributed by atoms with Crippen molar-refractivity contribution in [1.29, 1.82) is 0 Å². The highest BCUT2D eigenvalue weighted by atomic mass is 19.4. The summed E-state index contributed by atoms with van der Waals surface area (Å²) in [6, 6.07) is 8.28. The molecule has 2 aliphatic rings. The van der Waals surface area contributed by atoms with E-state index in [-0.39, 0.29) is 24.0 Å². The summed E-state index contributed by atoms with van der Waals surface area (Å²) in [6.07, 6.45) is -0.463. The molecule has 2 aliphatic heterocycles. The van der Waals surface area contributed by atoms with Gasteiger partial charge in [-0.15, -0.1) is 10.2 Å². The van der Waals surface area contributed by atoms with Gasteiger partial charge in [0.15, 0.2) is 0 Å². The highest BCUT2D eigenvalue weighted by Crippen LogP contribution is 2.37. The molecule has 0 unspecified atom stereocenters. The lowest BCUT2D eigenvalue weighted by molar-refractivity contribution is -0.136. The Morgan fingerprint density at radius 3 is 2.63 bits per heavy atom. The fourth-order valence-corrected chi connectivity index (χ4v) is 5.41. The fourth-order valence-electron chi connectivity index (χ4n) is 5.41. The zero-order valence-corrected chi connectivity index (χ0v) is 20.7. The number of nitrogens with zero attached hydrogens (tertiary/aromatic N) is 6. The van der Waals surface area contributed by atoms with E-state index >= 15 is 0 Å². The Kier molecular flexibility index (Phi) is 5.91. The number of hydrogen-bond donors (Lipinski definition) is 0. The smallest absolute Gasteiger partial charge is 0.379 e. The molecule has 1 aromatic carbocycles. The number of alkyl halides is 4. The van der Waals surface area contributed by atoms with Gasteiger partial charge in [0.2, 0.25) is 0 Å². The van der Waals surface area contributed by atoms with Crippen LogP contribution in [-0.2, 0) is 36.3 Å². The van der Waals surface area contributed by atoms with E-state index in [1.54, 1.807) is 23.4 Å². The summed E-state index contributed by atoms with van der Waals surface area (Å²) in [7, 11) is 1.86. The van der Waals surface area contributed by atoms with E-state index in [4.69, 9.17) is 4.74 Å². The number of aromatic nitrogens is 5. The summed E-state index contributed by atoms with van der Waals surface area (Å²) in [5.41, 5.74) is -0.462. The maximum atomic E-state index is 14.1. The minimum atomic E-state index is -4.67. The van der Waals surface area contributed by atoms with E-state index in [1.807, 2.05) is 23.7 Å². The Hall–Kier alpha value is -3.51. The zero-order valence-electron chi connectivity index (χ0n) is 20.7. The van der Waals surface area contributed by atoms with E-state index in [2.05, 4.69) is 10.2 Å². The molecule has 0 N–H and O–H groups in total. The van der Waals surface area contributed by atoms with Crippen molar-refractivity contribution in [3.63, 3.8) is 0 Å². The molecule has 0 spiro atoms. The zero-order chi connectivity index (χ0) is 26.7. The monoisotopic (exact) mass is 530 g/mol. The third-order valence-electron chi connectivity index (χ3n) is 7.55. The van der Waals surface area contributed by atoms with E-state index in [9.17, 15) is 22.4 Å². The molecule has 8 nitrogen and oxygen atoms in total. The molecule has 38 heavy (non-hydrogen) atoms. The molecule has 5 heterocycles. The Labute approximate surface area is 215 Å². The number of benzene rings is 1. The van der Waals surface area contributed by atoms with Crippen LogP contribution in [0.4, 0.5) is 17.6 Å². The lowest BCUT2D eigenvalue weighted by atomic mass is 9.75. The maximum absolute atomic E-state index is 14.1. The predicted octanol–water partition coefficient (Wildman–Crippen LogP) is 3.29. The van der Waals surface area contributed by atoms with Crippen LogP contribution in [0.3, 0.4) is 0 Å². The van der Waals surface area contributed by atoms with Gasteiger partial charge in [-0.2, -0.15) is 13.2 Å². The van der Waals surface area contributed by atoms with Crippen LogP contribution in [0.5, 0.6) is 0 Å². The third kappa shape index (κ3) is 4.31. The third-order valence-corrected chi connectivity index (χ3v) is 7.55. The molecule has 0 radical (unpaired) electrons. The Morgan fingerprint density at radius 2 is 2.00 bits per heavy atom. The molecule has 0 aliphatic carbocycles. The summed E-state index contributed by atoms with van der Waals surface area (Å²) in [5.74, 6) is 0.782. The normalized spacial score (nSPS) is 19.8. The molecule has 3 aromatic heterocycles. The summed E-state index contributed by atoms with van der Waals surface area (Å²) in [4.78, 5) is 15.2. The molecule has 2 saturated heterocycles. The van der Waals surface area contributed by atoms with Crippen molar-refractivity contribution in [2.45, 2.75) is 37.1 Å². The summed E-state index contributed by atoms with van der Waals surface area (Å²) in [6.45, 7) is 1.67. The Bertz CT molecular complexity index is 1550. The number of rotatable bonds is 6. The largest absolute Gasteiger partial charge is 0.418 e. The minimum Gasteiger partial charge on any atom is -0.379 e. The molecule has 200 valence electrons. The van der Waals surface area contributed by atoms with Crippen molar-refractivity contribution in [3.8, 4) is 5.69 Å². The lowest BCUT2D eigenvalue weighted by Crippen LogP contribution is -2.49. The van der Waals surface area contributed by atoms with E-state index in [0.29, 0.717) is 43.9 Å². The number of hydrogen-bond acceptors (Lipinski definition) is 5. The second-order valence-corrected chi connectivity index (χ2v) is 10.3. The first kappa shape index (κ1) is 24.8. The van der Waals surface area contributed by atoms with Gasteiger partial charge in [-0.05, 0) is 35.7 Å². The molecule has 0 saturated carbocycles. The second-order valence-electron chi connectivity index (χ2n) is 10.3. The topological polar surface area (TPSA) is 69.6 Å². The van der Waals surface area contributed by atoms with Gasteiger partial charge in [0.25, 0.3) is 0 Å². The number of likely N-dealkylation sites (tertiary alicyclic amines) is 1. The van der Waals surface area contributed by atoms with E-state index in [0.717, 1.165) is 21.9 Å². The maximum Gasteiger partial charge on any atom is 0.418 e. The van der Waals surface area contributed by atoms with Gasteiger partial charge in [-0.1, -0.05) is 12.1 Å². The molecule has 1 atom stereocenters. The number of ether oxygens (including phenoxy) is 1. The summed E-state index contributed by atoms with van der Waals surface area (Å²) >= 11 is 0. The fraction of sp³-hybridized carbons (Fsp3) is 0.423. The van der Waals surface area contributed by atoms with Crippen LogP contribution in [0.1, 0.15) is 28.9 Å². The molecular weight excluding hydrogens is 504 g/mol. The quantitative estimate of drug-likeness (QED) is 0.358. The van der Waals surface area contributed by atoms with Gasteiger partial charge in [0.05, 0.1) is 30.0 Å². The van der Waals surface area contributed by atoms with Crippen LogP contribution in [-0.4, -0.2) is 61.1 Å². The SMILES string of the molecule is Cn1cnnc1CC1(c2cccc(-n3cc4c(C(F)(F)F)cc(CN5CC[C@H](F)C5)cn4c3=O)c2)COC1. The van der Waals surface area contributed by atoms with Gasteiger partial charge in [0, 0.05) is 50.9 Å². The van der Waals surface area contributed by atoms with Crippen LogP contribution in [0.15, 0.2) is 53.8 Å². The Balaban J connectivity index is 1.41. The van der Waals surface area contributed by atoms with Crippen molar-refractivity contribution in [2.24, 2.45) is 7.05 Å². The van der Waals surface area contributed by atoms with Crippen LogP contribution >= 0.6 is 0 Å². The van der Waals surface area contributed by atoms with Crippen molar-refractivity contribution in [1.82, 2.24) is 28.6 Å². The van der Waals surface area contributed by atoms with Gasteiger partial charge in [0.1, 0.15) is 18.3 Å². The first-order valence-electron chi connectivity index (χ1n) is 12.3. The van der Waals surface area contributed by atoms with Gasteiger partial charge >= 0.3 is 11.9 Å². The number of pyridine rings is 1. The second kappa shape index (κ2) is 9.05. The molecule has 6 rings (SSSR count). The molecule has 4 aromatic rings. The van der Waals surface area contributed by atoms with Crippen molar-refractivity contribution >= 4 is 5.52 Å². The molecule has 2 fully saturated rings. The van der Waals surface area contributed by atoms with Crippen LogP contribution in [0, 0.1) is 0 Å². The van der Waals surface area contributed by atoms with Crippen molar-refractivity contribution < 1.29 is 22.3 Å². The first-order valence-corrected chi connectivity index (χ1v) is 12.3.